The summed E-state index contributed by atoms with van der Waals surface area (Å²) in [5, 5.41) is 12.5. The van der Waals surface area contributed by atoms with Gasteiger partial charge in [0.2, 0.25) is 0 Å². The summed E-state index contributed by atoms with van der Waals surface area (Å²) >= 11 is 0. The maximum atomic E-state index is 10.8. The minimum atomic E-state index is -0.919. The number of carbonyl (C=O) groups is 1. The van der Waals surface area contributed by atoms with Gasteiger partial charge < -0.3 is 15.2 Å². The van der Waals surface area contributed by atoms with Gasteiger partial charge in [0.15, 0.2) is 0 Å². The Morgan fingerprint density at radius 1 is 0.773 bits per heavy atom. The van der Waals surface area contributed by atoms with Gasteiger partial charge in [0.1, 0.15) is 6.04 Å². The first-order valence-corrected chi connectivity index (χ1v) is 9.72. The van der Waals surface area contributed by atoms with Crippen molar-refractivity contribution in [2.75, 3.05) is 7.05 Å². The molecule has 0 amide bonds. The van der Waals surface area contributed by atoms with E-state index >= 15 is 0 Å². The maximum absolute atomic E-state index is 10.8. The third kappa shape index (κ3) is 14.4. The van der Waals surface area contributed by atoms with Crippen LogP contribution in [0.5, 0.6) is 0 Å². The van der Waals surface area contributed by atoms with Gasteiger partial charge in [-0.15, -0.1) is 0 Å². The van der Waals surface area contributed by atoms with Gasteiger partial charge >= 0.3 is 0 Å². The van der Waals surface area contributed by atoms with E-state index in [1.807, 2.05) is 7.05 Å². The Kier molecular flexibility index (Phi) is 16.4. The predicted molar refractivity (Wildman–Crippen MR) is 91.6 cm³/mol. The van der Waals surface area contributed by atoms with E-state index < -0.39 is 5.97 Å². The van der Waals surface area contributed by atoms with Crippen LogP contribution in [0, 0.1) is 0 Å². The molecule has 0 radical (unpaired) electrons. The van der Waals surface area contributed by atoms with Crippen LogP contribution in [0.2, 0.25) is 0 Å². The first-order chi connectivity index (χ1) is 10.7. The Morgan fingerprint density at radius 2 is 1.14 bits per heavy atom. The van der Waals surface area contributed by atoms with Gasteiger partial charge in [0.05, 0.1) is 13.0 Å². The van der Waals surface area contributed by atoms with Gasteiger partial charge in [0, 0.05) is 6.42 Å². The van der Waals surface area contributed by atoms with Crippen molar-refractivity contribution in [2.45, 2.75) is 109 Å². The molecule has 132 valence electrons. The number of likely N-dealkylation sites (N-methyl/N-ethyl adjacent to an activating group) is 1. The second-order valence-electron chi connectivity index (χ2n) is 6.64. The smallest absolute Gasteiger partial charge is 0.126 e. The lowest BCUT2D eigenvalue weighted by Gasteiger charge is -2.13. The SMILES string of the molecule is CCCCCCCCCCCCCCCCC([NH2+]C)C(=O)[O-]. The van der Waals surface area contributed by atoms with Crippen molar-refractivity contribution in [3.63, 3.8) is 0 Å². The van der Waals surface area contributed by atoms with Crippen LogP contribution < -0.4 is 10.4 Å². The number of hydrogen-bond donors (Lipinski definition) is 1. The largest absolute Gasteiger partial charge is 0.544 e. The molecule has 1 atom stereocenters. The van der Waals surface area contributed by atoms with Crippen molar-refractivity contribution in [1.29, 1.82) is 0 Å². The lowest BCUT2D eigenvalue weighted by molar-refractivity contribution is -0.658. The van der Waals surface area contributed by atoms with Crippen molar-refractivity contribution < 1.29 is 15.2 Å². The minimum absolute atomic E-state index is 0.350. The van der Waals surface area contributed by atoms with Gasteiger partial charge in [-0.2, -0.15) is 0 Å². The molecule has 0 rings (SSSR count). The number of carbonyl (C=O) groups excluding carboxylic acids is 1. The molecule has 0 saturated carbocycles. The first kappa shape index (κ1) is 21.4. The average Bonchev–Trinajstić information content (AvgIpc) is 2.51. The van der Waals surface area contributed by atoms with Crippen LogP contribution >= 0.6 is 0 Å². The number of unbranched alkanes of at least 4 members (excludes halogenated alkanes) is 13. The van der Waals surface area contributed by atoms with Crippen molar-refractivity contribution in [3.8, 4) is 0 Å². The molecule has 3 nitrogen and oxygen atoms in total. The maximum Gasteiger partial charge on any atom is 0.126 e. The molecule has 0 aromatic rings. The Labute approximate surface area is 138 Å². The van der Waals surface area contributed by atoms with Gasteiger partial charge in [-0.25, -0.2) is 0 Å². The molecule has 0 saturated heterocycles. The molecule has 0 aliphatic heterocycles. The fourth-order valence-corrected chi connectivity index (χ4v) is 2.98. The van der Waals surface area contributed by atoms with Crippen LogP contribution in [0.25, 0.3) is 0 Å². The highest BCUT2D eigenvalue weighted by atomic mass is 16.4. The number of rotatable bonds is 17. The summed E-state index contributed by atoms with van der Waals surface area (Å²) in [5.74, 6) is -0.919. The molecule has 22 heavy (non-hydrogen) atoms. The van der Waals surface area contributed by atoms with E-state index in [9.17, 15) is 9.90 Å². The third-order valence-electron chi connectivity index (χ3n) is 4.57. The highest BCUT2D eigenvalue weighted by molar-refractivity contribution is 5.69. The Bertz CT molecular complexity index is 244. The average molecular weight is 314 g/mol. The molecule has 0 fully saturated rings. The van der Waals surface area contributed by atoms with Crippen LogP contribution in [0.3, 0.4) is 0 Å². The molecule has 0 heterocycles. The normalized spacial score (nSPS) is 12.5. The number of hydrogen-bond acceptors (Lipinski definition) is 2. The summed E-state index contributed by atoms with van der Waals surface area (Å²) in [4.78, 5) is 10.8. The zero-order chi connectivity index (χ0) is 16.5. The van der Waals surface area contributed by atoms with E-state index in [4.69, 9.17) is 0 Å². The quantitative estimate of drug-likeness (QED) is 0.419. The number of carboxylic acids is 1. The van der Waals surface area contributed by atoms with Gasteiger partial charge in [-0.05, 0) is 6.42 Å². The lowest BCUT2D eigenvalue weighted by atomic mass is 10.0. The molecule has 0 aromatic carbocycles. The molecule has 0 spiro atoms. The van der Waals surface area contributed by atoms with Gasteiger partial charge in [-0.3, -0.25) is 0 Å². The van der Waals surface area contributed by atoms with E-state index in [0.29, 0.717) is 0 Å². The molecule has 0 aliphatic rings. The van der Waals surface area contributed by atoms with E-state index in [0.717, 1.165) is 19.3 Å². The second kappa shape index (κ2) is 16.8. The fourth-order valence-electron chi connectivity index (χ4n) is 2.98. The lowest BCUT2D eigenvalue weighted by Crippen LogP contribution is -2.89. The Hall–Kier alpha value is -0.570. The minimum Gasteiger partial charge on any atom is -0.544 e. The second-order valence-corrected chi connectivity index (χ2v) is 6.64. The predicted octanol–water partition coefficient (Wildman–Crippen LogP) is 3.17. The van der Waals surface area contributed by atoms with Crippen molar-refractivity contribution in [1.82, 2.24) is 0 Å². The number of aliphatic carboxylic acids is 1. The van der Waals surface area contributed by atoms with Crippen LogP contribution in [0.1, 0.15) is 103 Å². The van der Waals surface area contributed by atoms with Crippen LogP contribution in [0.15, 0.2) is 0 Å². The number of carboxylic acid groups (broad SMARTS) is 1. The summed E-state index contributed by atoms with van der Waals surface area (Å²) in [6, 6.07) is -0.350. The van der Waals surface area contributed by atoms with E-state index in [-0.39, 0.29) is 6.04 Å². The Morgan fingerprint density at radius 3 is 1.45 bits per heavy atom. The molecule has 0 aliphatic carbocycles. The van der Waals surface area contributed by atoms with Gasteiger partial charge in [-0.1, -0.05) is 90.4 Å². The van der Waals surface area contributed by atoms with Gasteiger partial charge in [0.25, 0.3) is 0 Å². The summed E-state index contributed by atoms with van der Waals surface area (Å²) < 4.78 is 0. The highest BCUT2D eigenvalue weighted by Gasteiger charge is 2.09. The van der Waals surface area contributed by atoms with E-state index in [1.54, 1.807) is 5.32 Å². The molecule has 1 unspecified atom stereocenters. The fraction of sp³-hybridized carbons (Fsp3) is 0.947. The molecule has 0 aromatic heterocycles. The molecule has 3 heteroatoms. The van der Waals surface area contributed by atoms with Crippen molar-refractivity contribution >= 4 is 5.97 Å². The van der Waals surface area contributed by atoms with Crippen molar-refractivity contribution in [3.05, 3.63) is 0 Å². The van der Waals surface area contributed by atoms with Crippen LogP contribution in [0.4, 0.5) is 0 Å². The number of quaternary nitrogens is 1. The highest BCUT2D eigenvalue weighted by Crippen LogP contribution is 2.13. The zero-order valence-electron chi connectivity index (χ0n) is 15.1. The van der Waals surface area contributed by atoms with Crippen molar-refractivity contribution in [2.24, 2.45) is 0 Å². The van der Waals surface area contributed by atoms with E-state index in [1.165, 1.54) is 77.0 Å². The molecule has 2 N–H and O–H groups in total. The first-order valence-electron chi connectivity index (χ1n) is 9.72. The molecular weight excluding hydrogens is 274 g/mol. The zero-order valence-corrected chi connectivity index (χ0v) is 15.1. The Balaban J connectivity index is 3.13. The standard InChI is InChI=1S/C19H39NO2/c1-3-4-5-6-7-8-9-10-11-12-13-14-15-16-17-18(20-2)19(21)22/h18,20H,3-17H2,1-2H3,(H,21,22). The number of nitrogens with two attached hydrogens (primary N) is 1. The van der Waals surface area contributed by atoms with Crippen LogP contribution in [-0.4, -0.2) is 19.1 Å². The van der Waals surface area contributed by atoms with Crippen LogP contribution in [-0.2, 0) is 4.79 Å². The van der Waals surface area contributed by atoms with E-state index in [2.05, 4.69) is 6.92 Å². The summed E-state index contributed by atoms with van der Waals surface area (Å²) in [7, 11) is 1.81. The summed E-state index contributed by atoms with van der Waals surface area (Å²) in [6.45, 7) is 2.27. The summed E-state index contributed by atoms with van der Waals surface area (Å²) in [6.07, 6.45) is 19.4. The molecular formula is C19H39NO2. The topological polar surface area (TPSA) is 56.7 Å². The summed E-state index contributed by atoms with van der Waals surface area (Å²) in [5.41, 5.74) is 0. The monoisotopic (exact) mass is 313 g/mol. The molecule has 0 bridgehead atoms. The third-order valence-corrected chi connectivity index (χ3v) is 4.57.